The Labute approximate surface area is 102 Å². The average molecular weight is 256 g/mol. The number of anilines is 1. The minimum absolute atomic E-state index is 0.189. The molecule has 0 fully saturated rings. The van der Waals surface area contributed by atoms with Crippen molar-refractivity contribution in [3.05, 3.63) is 17.0 Å². The lowest BCUT2D eigenvalue weighted by Crippen LogP contribution is -2.11. The first-order chi connectivity index (χ1) is 8.20. The molecule has 90 valence electrons. The largest absolute Gasteiger partial charge is 0.467 e. The number of H-pyrrole nitrogens is 1. The molecular weight excluding hydrogens is 246 g/mol. The molecule has 0 bridgehead atoms. The van der Waals surface area contributed by atoms with Crippen molar-refractivity contribution in [2.24, 2.45) is 0 Å². The molecule has 0 saturated carbocycles. The summed E-state index contributed by atoms with van der Waals surface area (Å²) in [6.07, 6.45) is 1.46. The van der Waals surface area contributed by atoms with E-state index in [0.717, 1.165) is 0 Å². The summed E-state index contributed by atoms with van der Waals surface area (Å²) in [6.45, 7) is 1.86. The van der Waals surface area contributed by atoms with Crippen LogP contribution in [-0.4, -0.2) is 37.7 Å². The fourth-order valence-corrected chi connectivity index (χ4v) is 1.32. The Hall–Kier alpha value is -1.96. The number of halogens is 1. The summed E-state index contributed by atoms with van der Waals surface area (Å²) in [5.41, 5.74) is 0. The summed E-state index contributed by atoms with van der Waals surface area (Å²) >= 11 is 5.95. The molecule has 2 aromatic rings. The SMILES string of the molecule is COc1ncc(Cl)c(NC(C)c2nn[nH]n2)n1. The van der Waals surface area contributed by atoms with Crippen molar-refractivity contribution >= 4 is 17.4 Å². The Morgan fingerprint density at radius 1 is 1.53 bits per heavy atom. The van der Waals surface area contributed by atoms with E-state index in [1.54, 1.807) is 0 Å². The zero-order valence-corrected chi connectivity index (χ0v) is 9.93. The Bertz CT molecular complexity index is 489. The van der Waals surface area contributed by atoms with Gasteiger partial charge in [-0.25, -0.2) is 4.98 Å². The van der Waals surface area contributed by atoms with Crippen molar-refractivity contribution in [1.29, 1.82) is 0 Å². The second kappa shape index (κ2) is 4.91. The first kappa shape index (κ1) is 11.5. The summed E-state index contributed by atoms with van der Waals surface area (Å²) < 4.78 is 4.91. The summed E-state index contributed by atoms with van der Waals surface area (Å²) in [5.74, 6) is 0.967. The number of nitrogens with zero attached hydrogens (tertiary/aromatic N) is 5. The number of hydrogen-bond donors (Lipinski definition) is 2. The van der Waals surface area contributed by atoms with E-state index in [1.165, 1.54) is 13.3 Å². The van der Waals surface area contributed by atoms with Crippen LogP contribution in [0, 0.1) is 0 Å². The van der Waals surface area contributed by atoms with Crippen molar-refractivity contribution < 1.29 is 4.74 Å². The van der Waals surface area contributed by atoms with Gasteiger partial charge >= 0.3 is 6.01 Å². The van der Waals surface area contributed by atoms with Gasteiger partial charge in [0.15, 0.2) is 11.6 Å². The van der Waals surface area contributed by atoms with Crippen LogP contribution < -0.4 is 10.1 Å². The number of nitrogens with one attached hydrogen (secondary N) is 2. The molecule has 0 spiro atoms. The number of tetrazole rings is 1. The Kier molecular flexibility index (Phi) is 3.33. The Morgan fingerprint density at radius 3 is 3.00 bits per heavy atom. The maximum absolute atomic E-state index is 5.95. The lowest BCUT2D eigenvalue weighted by atomic mass is 10.3. The monoisotopic (exact) mass is 255 g/mol. The molecule has 2 N–H and O–H groups in total. The third-order valence-corrected chi connectivity index (χ3v) is 2.28. The standard InChI is InChI=1S/C8H10ClN7O/c1-4(6-13-15-16-14-6)11-7-5(9)3-10-8(12-7)17-2/h3-4H,1-2H3,(H,10,11,12)(H,13,14,15,16). The second-order valence-electron chi connectivity index (χ2n) is 3.19. The van der Waals surface area contributed by atoms with Crippen LogP contribution in [0.25, 0.3) is 0 Å². The minimum atomic E-state index is -0.189. The summed E-state index contributed by atoms with van der Waals surface area (Å²) in [4.78, 5) is 7.95. The molecule has 9 heteroatoms. The van der Waals surface area contributed by atoms with Gasteiger partial charge < -0.3 is 10.1 Å². The van der Waals surface area contributed by atoms with Gasteiger partial charge in [-0.2, -0.15) is 10.2 Å². The van der Waals surface area contributed by atoms with Crippen molar-refractivity contribution in [3.8, 4) is 6.01 Å². The molecule has 2 aromatic heterocycles. The van der Waals surface area contributed by atoms with E-state index >= 15 is 0 Å². The summed E-state index contributed by atoms with van der Waals surface area (Å²) in [6, 6.07) is 0.0445. The molecule has 2 heterocycles. The van der Waals surface area contributed by atoms with Gasteiger partial charge in [0.1, 0.15) is 5.02 Å². The number of rotatable bonds is 4. The van der Waals surface area contributed by atoms with E-state index < -0.39 is 0 Å². The molecule has 8 nitrogen and oxygen atoms in total. The Balaban J connectivity index is 2.18. The van der Waals surface area contributed by atoms with Crippen molar-refractivity contribution in [2.75, 3.05) is 12.4 Å². The number of aromatic nitrogens is 6. The molecule has 0 amide bonds. The lowest BCUT2D eigenvalue weighted by Gasteiger charge is -2.12. The fraction of sp³-hybridized carbons (Fsp3) is 0.375. The van der Waals surface area contributed by atoms with E-state index in [-0.39, 0.29) is 12.1 Å². The predicted molar refractivity (Wildman–Crippen MR) is 59.8 cm³/mol. The molecule has 17 heavy (non-hydrogen) atoms. The number of hydrogen-bond acceptors (Lipinski definition) is 7. The highest BCUT2D eigenvalue weighted by Crippen LogP contribution is 2.23. The van der Waals surface area contributed by atoms with Gasteiger partial charge in [0.2, 0.25) is 0 Å². The van der Waals surface area contributed by atoms with Crippen LogP contribution in [-0.2, 0) is 0 Å². The molecule has 1 unspecified atom stereocenters. The molecule has 2 rings (SSSR count). The fourth-order valence-electron chi connectivity index (χ4n) is 1.17. The highest BCUT2D eigenvalue weighted by atomic mass is 35.5. The average Bonchev–Trinajstić information content (AvgIpc) is 2.85. The molecule has 0 saturated heterocycles. The van der Waals surface area contributed by atoms with E-state index in [9.17, 15) is 0 Å². The van der Waals surface area contributed by atoms with Gasteiger partial charge in [-0.05, 0) is 6.92 Å². The van der Waals surface area contributed by atoms with E-state index in [1.807, 2.05) is 6.92 Å². The van der Waals surface area contributed by atoms with Gasteiger partial charge in [0.05, 0.1) is 19.3 Å². The van der Waals surface area contributed by atoms with Crippen LogP contribution in [0.15, 0.2) is 6.20 Å². The maximum atomic E-state index is 5.95. The smallest absolute Gasteiger partial charge is 0.318 e. The zero-order valence-electron chi connectivity index (χ0n) is 9.18. The molecule has 0 aromatic carbocycles. The first-order valence-electron chi connectivity index (χ1n) is 4.77. The minimum Gasteiger partial charge on any atom is -0.467 e. The van der Waals surface area contributed by atoms with Crippen LogP contribution in [0.5, 0.6) is 6.01 Å². The van der Waals surface area contributed by atoms with E-state index in [4.69, 9.17) is 16.3 Å². The predicted octanol–water partition coefficient (Wildman–Crippen LogP) is 0.825. The van der Waals surface area contributed by atoms with Crippen molar-refractivity contribution in [3.63, 3.8) is 0 Å². The molecule has 1 atom stereocenters. The van der Waals surface area contributed by atoms with Crippen LogP contribution >= 0.6 is 11.6 Å². The third-order valence-electron chi connectivity index (χ3n) is 2.01. The molecule has 0 radical (unpaired) electrons. The van der Waals surface area contributed by atoms with Gasteiger partial charge in [-0.1, -0.05) is 16.8 Å². The van der Waals surface area contributed by atoms with Crippen LogP contribution in [0.3, 0.4) is 0 Å². The first-order valence-corrected chi connectivity index (χ1v) is 5.15. The van der Waals surface area contributed by atoms with Gasteiger partial charge in [-0.3, -0.25) is 0 Å². The second-order valence-corrected chi connectivity index (χ2v) is 3.60. The number of aromatic amines is 1. The van der Waals surface area contributed by atoms with Crippen molar-refractivity contribution in [1.82, 2.24) is 30.6 Å². The van der Waals surface area contributed by atoms with E-state index in [2.05, 4.69) is 35.9 Å². The van der Waals surface area contributed by atoms with E-state index in [0.29, 0.717) is 16.7 Å². The maximum Gasteiger partial charge on any atom is 0.318 e. The number of methoxy groups -OCH3 is 1. The summed E-state index contributed by atoms with van der Waals surface area (Å²) in [7, 11) is 1.48. The van der Waals surface area contributed by atoms with Crippen molar-refractivity contribution in [2.45, 2.75) is 13.0 Å². The lowest BCUT2D eigenvalue weighted by molar-refractivity contribution is 0.380. The van der Waals surface area contributed by atoms with Gasteiger partial charge in [0, 0.05) is 0 Å². The normalized spacial score (nSPS) is 12.2. The topological polar surface area (TPSA) is 102 Å². The molecule has 0 aliphatic carbocycles. The van der Waals surface area contributed by atoms with Gasteiger partial charge in [-0.15, -0.1) is 10.2 Å². The number of ether oxygens (including phenoxy) is 1. The highest BCUT2D eigenvalue weighted by Gasteiger charge is 2.13. The van der Waals surface area contributed by atoms with Crippen LogP contribution in [0.1, 0.15) is 18.8 Å². The van der Waals surface area contributed by atoms with Gasteiger partial charge in [0.25, 0.3) is 0 Å². The molecule has 0 aliphatic heterocycles. The quantitative estimate of drug-likeness (QED) is 0.834. The highest BCUT2D eigenvalue weighted by molar-refractivity contribution is 6.32. The summed E-state index contributed by atoms with van der Waals surface area (Å²) in [5, 5.41) is 17.0. The third kappa shape index (κ3) is 2.59. The zero-order chi connectivity index (χ0) is 12.3. The molecule has 0 aliphatic rings. The van der Waals surface area contributed by atoms with Crippen LogP contribution in [0.4, 0.5) is 5.82 Å². The Morgan fingerprint density at radius 2 is 2.35 bits per heavy atom. The van der Waals surface area contributed by atoms with Crippen LogP contribution in [0.2, 0.25) is 5.02 Å². The molecular formula is C8H10ClN7O.